The molecule has 144 valence electrons. The molecule has 1 N–H and O–H groups in total. The minimum absolute atomic E-state index is 0.0746. The monoisotopic (exact) mass is 412 g/mol. The minimum Gasteiger partial charge on any atom is -0.411 e. The van der Waals surface area contributed by atoms with E-state index in [-0.39, 0.29) is 11.3 Å². The van der Waals surface area contributed by atoms with Crippen LogP contribution in [-0.4, -0.2) is 21.4 Å². The number of anilines is 1. The second-order valence-electron chi connectivity index (χ2n) is 7.23. The normalized spacial score (nSPS) is 12.4. The molecule has 28 heavy (non-hydrogen) atoms. The predicted octanol–water partition coefficient (Wildman–Crippen LogP) is 5.09. The van der Waals surface area contributed by atoms with Crippen molar-refractivity contribution in [2.45, 2.75) is 43.6 Å². The van der Waals surface area contributed by atoms with E-state index in [9.17, 15) is 4.79 Å². The van der Waals surface area contributed by atoms with E-state index in [1.807, 2.05) is 12.1 Å². The molecular formula is C20H20N4O2S2. The molecule has 0 aliphatic carbocycles. The van der Waals surface area contributed by atoms with Crippen LogP contribution in [0.2, 0.25) is 0 Å². The number of thiophene rings is 1. The van der Waals surface area contributed by atoms with Gasteiger partial charge in [0.2, 0.25) is 11.8 Å². The van der Waals surface area contributed by atoms with Gasteiger partial charge < -0.3 is 9.73 Å². The summed E-state index contributed by atoms with van der Waals surface area (Å²) >= 11 is 2.49. The summed E-state index contributed by atoms with van der Waals surface area (Å²) in [6, 6.07) is 11.7. The zero-order valence-electron chi connectivity index (χ0n) is 16.0. The standard InChI is InChI=1S/C20H20N4O2S2/c1-12(16(25)22-18-14(11-21)9-10-27-18)28-19-24-23-17(26-19)13-5-7-15(8-6-13)20(2,3)4/h5-10,12H,1-4H3,(H,22,25)/t12-/m0/s1. The molecule has 0 saturated heterocycles. The zero-order valence-corrected chi connectivity index (χ0v) is 17.6. The maximum absolute atomic E-state index is 12.4. The molecule has 0 bridgehead atoms. The Hall–Kier alpha value is -2.63. The summed E-state index contributed by atoms with van der Waals surface area (Å²) in [7, 11) is 0. The molecule has 0 aliphatic rings. The molecule has 0 spiro atoms. The van der Waals surface area contributed by atoms with E-state index in [4.69, 9.17) is 9.68 Å². The lowest BCUT2D eigenvalue weighted by atomic mass is 9.87. The van der Waals surface area contributed by atoms with E-state index >= 15 is 0 Å². The largest absolute Gasteiger partial charge is 0.411 e. The molecule has 0 radical (unpaired) electrons. The molecule has 0 unspecified atom stereocenters. The van der Waals surface area contributed by atoms with Gasteiger partial charge in [-0.05, 0) is 41.5 Å². The third-order valence-electron chi connectivity index (χ3n) is 4.07. The van der Waals surface area contributed by atoms with Crippen LogP contribution < -0.4 is 5.32 Å². The molecule has 3 aromatic rings. The number of nitriles is 1. The Balaban J connectivity index is 1.65. The van der Waals surface area contributed by atoms with Crippen LogP contribution in [0.3, 0.4) is 0 Å². The molecule has 3 rings (SSSR count). The van der Waals surface area contributed by atoms with Crippen molar-refractivity contribution in [3.63, 3.8) is 0 Å². The van der Waals surface area contributed by atoms with Crippen LogP contribution >= 0.6 is 23.1 Å². The van der Waals surface area contributed by atoms with Gasteiger partial charge in [0, 0.05) is 5.56 Å². The summed E-state index contributed by atoms with van der Waals surface area (Å²) in [5.74, 6) is 0.193. The van der Waals surface area contributed by atoms with E-state index < -0.39 is 5.25 Å². The average Bonchev–Trinajstić information content (AvgIpc) is 3.30. The molecule has 6 nitrogen and oxygen atoms in total. The molecule has 2 aromatic heterocycles. The second kappa shape index (κ2) is 8.17. The number of hydrogen-bond acceptors (Lipinski definition) is 7. The third-order valence-corrected chi connectivity index (χ3v) is 5.84. The Bertz CT molecular complexity index is 1010. The highest BCUT2D eigenvalue weighted by Gasteiger charge is 2.20. The van der Waals surface area contributed by atoms with Crippen molar-refractivity contribution >= 4 is 34.0 Å². The number of carbonyl (C=O) groups is 1. The molecule has 0 saturated carbocycles. The Morgan fingerprint density at radius 3 is 2.61 bits per heavy atom. The maximum atomic E-state index is 12.4. The van der Waals surface area contributed by atoms with Crippen LogP contribution in [-0.2, 0) is 10.2 Å². The quantitative estimate of drug-likeness (QED) is 0.587. The fourth-order valence-electron chi connectivity index (χ4n) is 2.40. The van der Waals surface area contributed by atoms with Crippen molar-refractivity contribution in [2.24, 2.45) is 0 Å². The van der Waals surface area contributed by atoms with Gasteiger partial charge in [-0.25, -0.2) is 0 Å². The van der Waals surface area contributed by atoms with Gasteiger partial charge in [0.15, 0.2) is 0 Å². The van der Waals surface area contributed by atoms with Crippen molar-refractivity contribution in [2.75, 3.05) is 5.32 Å². The van der Waals surface area contributed by atoms with E-state index in [1.54, 1.807) is 18.4 Å². The van der Waals surface area contributed by atoms with Gasteiger partial charge >= 0.3 is 0 Å². The first kappa shape index (κ1) is 20.1. The van der Waals surface area contributed by atoms with Crippen LogP contribution in [0.15, 0.2) is 45.4 Å². The number of carbonyl (C=O) groups excluding carboxylic acids is 1. The second-order valence-corrected chi connectivity index (χ2v) is 9.43. The minimum atomic E-state index is -0.454. The number of nitrogens with zero attached hydrogens (tertiary/aromatic N) is 3. The van der Waals surface area contributed by atoms with E-state index in [1.165, 1.54) is 28.7 Å². The number of rotatable bonds is 5. The fourth-order valence-corrected chi connectivity index (χ4v) is 3.82. The summed E-state index contributed by atoms with van der Waals surface area (Å²) in [4.78, 5) is 12.4. The molecule has 1 aromatic carbocycles. The van der Waals surface area contributed by atoms with Gasteiger partial charge in [-0.15, -0.1) is 21.5 Å². The number of benzene rings is 1. The number of thioether (sulfide) groups is 1. The number of nitrogens with one attached hydrogen (secondary N) is 1. The van der Waals surface area contributed by atoms with Crippen molar-refractivity contribution in [3.05, 3.63) is 46.8 Å². The summed E-state index contributed by atoms with van der Waals surface area (Å²) < 4.78 is 5.71. The van der Waals surface area contributed by atoms with Crippen LogP contribution in [0.25, 0.3) is 11.5 Å². The Morgan fingerprint density at radius 1 is 1.25 bits per heavy atom. The molecule has 8 heteroatoms. The van der Waals surface area contributed by atoms with E-state index in [2.05, 4.69) is 54.5 Å². The van der Waals surface area contributed by atoms with Crippen LogP contribution in [0.4, 0.5) is 5.00 Å². The first-order valence-electron chi connectivity index (χ1n) is 8.67. The molecule has 2 heterocycles. The zero-order chi connectivity index (χ0) is 20.3. The first-order chi connectivity index (χ1) is 13.3. The molecule has 1 amide bonds. The summed E-state index contributed by atoms with van der Waals surface area (Å²) in [6.07, 6.45) is 0. The number of hydrogen-bond donors (Lipinski definition) is 1. The topological polar surface area (TPSA) is 91.8 Å². The van der Waals surface area contributed by atoms with Crippen molar-refractivity contribution in [1.82, 2.24) is 10.2 Å². The van der Waals surface area contributed by atoms with Gasteiger partial charge in [-0.1, -0.05) is 44.7 Å². The summed E-state index contributed by atoms with van der Waals surface area (Å²) in [6.45, 7) is 8.23. The van der Waals surface area contributed by atoms with Gasteiger partial charge in [0.05, 0.1) is 10.8 Å². The summed E-state index contributed by atoms with van der Waals surface area (Å²) in [5.41, 5.74) is 2.59. The SMILES string of the molecule is C[C@H](Sc1nnc(-c2ccc(C(C)(C)C)cc2)o1)C(=O)Nc1sccc1C#N. The highest BCUT2D eigenvalue weighted by atomic mass is 32.2. The molecule has 1 atom stereocenters. The molecular weight excluding hydrogens is 392 g/mol. The highest BCUT2D eigenvalue weighted by Crippen LogP contribution is 2.29. The first-order valence-corrected chi connectivity index (χ1v) is 10.4. The lowest BCUT2D eigenvalue weighted by Crippen LogP contribution is -2.22. The number of amides is 1. The van der Waals surface area contributed by atoms with E-state index in [0.29, 0.717) is 21.7 Å². The highest BCUT2D eigenvalue weighted by molar-refractivity contribution is 8.00. The smallest absolute Gasteiger partial charge is 0.277 e. The van der Waals surface area contributed by atoms with Gasteiger partial charge in [0.25, 0.3) is 5.22 Å². The number of aromatic nitrogens is 2. The Morgan fingerprint density at radius 2 is 1.96 bits per heavy atom. The van der Waals surface area contributed by atoms with Crippen molar-refractivity contribution < 1.29 is 9.21 Å². The van der Waals surface area contributed by atoms with Gasteiger partial charge in [0.1, 0.15) is 11.1 Å². The lowest BCUT2D eigenvalue weighted by Gasteiger charge is -2.18. The van der Waals surface area contributed by atoms with Crippen molar-refractivity contribution in [1.29, 1.82) is 5.26 Å². The lowest BCUT2D eigenvalue weighted by molar-refractivity contribution is -0.115. The predicted molar refractivity (Wildman–Crippen MR) is 111 cm³/mol. The average molecular weight is 413 g/mol. The Labute approximate surface area is 172 Å². The fraction of sp³-hybridized carbons (Fsp3) is 0.300. The van der Waals surface area contributed by atoms with E-state index in [0.717, 1.165) is 5.56 Å². The van der Waals surface area contributed by atoms with Gasteiger partial charge in [-0.3, -0.25) is 4.79 Å². The van der Waals surface area contributed by atoms with Crippen LogP contribution in [0.5, 0.6) is 0 Å². The Kier molecular flexibility index (Phi) is 5.87. The van der Waals surface area contributed by atoms with Crippen molar-refractivity contribution in [3.8, 4) is 17.5 Å². The summed E-state index contributed by atoms with van der Waals surface area (Å²) in [5, 5.41) is 22.1. The molecule has 0 aliphatic heterocycles. The molecule has 0 fully saturated rings. The maximum Gasteiger partial charge on any atom is 0.277 e. The van der Waals surface area contributed by atoms with Gasteiger partial charge in [-0.2, -0.15) is 5.26 Å². The third kappa shape index (κ3) is 4.61. The van der Waals surface area contributed by atoms with Crippen LogP contribution in [0, 0.1) is 11.3 Å². The van der Waals surface area contributed by atoms with Crippen LogP contribution in [0.1, 0.15) is 38.8 Å².